The van der Waals surface area contributed by atoms with Gasteiger partial charge in [-0.25, -0.2) is 9.97 Å². The molecule has 3 rings (SSSR count). The van der Waals surface area contributed by atoms with Crippen LogP contribution in [0.3, 0.4) is 0 Å². The molecule has 1 aliphatic heterocycles. The van der Waals surface area contributed by atoms with Gasteiger partial charge in [-0.3, -0.25) is 0 Å². The fourth-order valence-electron chi connectivity index (χ4n) is 1.93. The van der Waals surface area contributed by atoms with Crippen LogP contribution >= 0.6 is 11.3 Å². The summed E-state index contributed by atoms with van der Waals surface area (Å²) in [7, 11) is 0. The van der Waals surface area contributed by atoms with Gasteiger partial charge in [0.05, 0.1) is 6.04 Å². The first-order valence-corrected chi connectivity index (χ1v) is 6.22. The van der Waals surface area contributed by atoms with Crippen molar-refractivity contribution in [1.82, 2.24) is 14.5 Å². The van der Waals surface area contributed by atoms with Crippen LogP contribution in [0.5, 0.6) is 0 Å². The molecule has 2 aromatic heterocycles. The lowest BCUT2D eigenvalue weighted by Gasteiger charge is -2.23. The molecule has 0 aromatic carbocycles. The van der Waals surface area contributed by atoms with Crippen LogP contribution in [0.4, 0.5) is 19.1 Å². The van der Waals surface area contributed by atoms with Crippen molar-refractivity contribution in [2.45, 2.75) is 25.2 Å². The summed E-state index contributed by atoms with van der Waals surface area (Å²) in [6.45, 7) is 0.510. The number of anilines is 1. The number of imidazole rings is 1. The second-order valence-electron chi connectivity index (χ2n) is 4.00. The van der Waals surface area contributed by atoms with Gasteiger partial charge in [-0.05, 0) is 6.42 Å². The average molecular weight is 274 g/mol. The Bertz CT molecular complexity index is 546. The number of nitrogens with zero attached hydrogens (tertiary/aromatic N) is 3. The van der Waals surface area contributed by atoms with Crippen LogP contribution in [0, 0.1) is 0 Å². The van der Waals surface area contributed by atoms with Gasteiger partial charge in [0, 0.05) is 24.3 Å². The molecule has 0 saturated heterocycles. The topological polar surface area (TPSA) is 42.7 Å². The molecule has 0 aliphatic carbocycles. The van der Waals surface area contributed by atoms with Crippen LogP contribution < -0.4 is 5.32 Å². The van der Waals surface area contributed by atoms with Gasteiger partial charge >= 0.3 is 6.18 Å². The highest BCUT2D eigenvalue weighted by Crippen LogP contribution is 2.34. The van der Waals surface area contributed by atoms with E-state index >= 15 is 0 Å². The van der Waals surface area contributed by atoms with Crippen molar-refractivity contribution in [2.24, 2.45) is 0 Å². The lowest BCUT2D eigenvalue weighted by Crippen LogP contribution is -2.21. The number of fused-ring (bicyclic) bond motifs is 1. The molecular formula is C10H9F3N4S. The molecule has 4 nitrogen and oxygen atoms in total. The Hall–Kier alpha value is -1.57. The molecule has 96 valence electrons. The third-order valence-corrected chi connectivity index (χ3v) is 3.67. The molecule has 1 atom stereocenters. The Morgan fingerprint density at radius 1 is 1.44 bits per heavy atom. The van der Waals surface area contributed by atoms with Crippen molar-refractivity contribution in [3.05, 3.63) is 28.5 Å². The van der Waals surface area contributed by atoms with E-state index in [9.17, 15) is 13.2 Å². The fraction of sp³-hybridized carbons (Fsp3) is 0.400. The van der Waals surface area contributed by atoms with Crippen LogP contribution in [0.2, 0.25) is 0 Å². The van der Waals surface area contributed by atoms with Crippen molar-refractivity contribution >= 4 is 17.3 Å². The van der Waals surface area contributed by atoms with E-state index in [2.05, 4.69) is 15.3 Å². The van der Waals surface area contributed by atoms with E-state index in [1.165, 1.54) is 15.9 Å². The van der Waals surface area contributed by atoms with E-state index in [0.29, 0.717) is 13.0 Å². The van der Waals surface area contributed by atoms with Gasteiger partial charge in [0.15, 0.2) is 5.69 Å². The first-order valence-electron chi connectivity index (χ1n) is 5.34. The molecule has 2 aromatic rings. The summed E-state index contributed by atoms with van der Waals surface area (Å²) in [4.78, 5) is 7.75. The average Bonchev–Trinajstić information content (AvgIpc) is 2.96. The first-order chi connectivity index (χ1) is 8.54. The van der Waals surface area contributed by atoms with Gasteiger partial charge in [-0.15, -0.1) is 11.3 Å². The summed E-state index contributed by atoms with van der Waals surface area (Å²) >= 11 is 1.48. The number of hydrogen-bond acceptors (Lipinski definition) is 4. The minimum atomic E-state index is -4.40. The predicted octanol–water partition coefficient (Wildman–Crippen LogP) is 2.92. The van der Waals surface area contributed by atoms with Crippen LogP contribution in [0.1, 0.15) is 23.2 Å². The molecule has 18 heavy (non-hydrogen) atoms. The monoisotopic (exact) mass is 274 g/mol. The molecule has 0 radical (unpaired) electrons. The molecule has 8 heteroatoms. The van der Waals surface area contributed by atoms with Gasteiger partial charge in [0.2, 0.25) is 5.95 Å². The van der Waals surface area contributed by atoms with Gasteiger partial charge < -0.3 is 9.88 Å². The third-order valence-electron chi connectivity index (χ3n) is 2.78. The van der Waals surface area contributed by atoms with Crippen LogP contribution in [0.25, 0.3) is 0 Å². The number of rotatable bonds is 1. The highest BCUT2D eigenvalue weighted by Gasteiger charge is 2.36. The Morgan fingerprint density at radius 3 is 2.94 bits per heavy atom. The van der Waals surface area contributed by atoms with Gasteiger partial charge in [0.25, 0.3) is 0 Å². The molecule has 1 unspecified atom stereocenters. The maximum absolute atomic E-state index is 12.5. The summed E-state index contributed by atoms with van der Waals surface area (Å²) in [6.07, 6.45) is -0.971. The second-order valence-corrected chi connectivity index (χ2v) is 4.92. The maximum atomic E-state index is 12.5. The largest absolute Gasteiger partial charge is 0.434 e. The smallest absolute Gasteiger partial charge is 0.346 e. The number of aromatic nitrogens is 3. The zero-order valence-electron chi connectivity index (χ0n) is 9.11. The quantitative estimate of drug-likeness (QED) is 0.869. The molecule has 1 N–H and O–H groups in total. The molecule has 0 fully saturated rings. The minimum Gasteiger partial charge on any atom is -0.346 e. The summed E-state index contributed by atoms with van der Waals surface area (Å²) in [5.74, 6) is 0.258. The SMILES string of the molecule is FC(F)(F)c1cn2c(n1)NC(c1nccs1)CC2. The number of aryl methyl sites for hydroxylation is 1. The van der Waals surface area contributed by atoms with Crippen LogP contribution in [-0.2, 0) is 12.7 Å². The molecule has 0 bridgehead atoms. The van der Waals surface area contributed by atoms with Crippen molar-refractivity contribution in [2.75, 3.05) is 5.32 Å². The van der Waals surface area contributed by atoms with E-state index in [4.69, 9.17) is 0 Å². The maximum Gasteiger partial charge on any atom is 0.434 e. The van der Waals surface area contributed by atoms with Gasteiger partial charge in [-0.2, -0.15) is 13.2 Å². The standard InChI is InChI=1S/C10H9F3N4S/c11-10(12,13)7-5-17-3-1-6(15-9(17)16-7)8-14-2-4-18-8/h2,4-6H,1,3H2,(H,15,16). The van der Waals surface area contributed by atoms with Crippen molar-refractivity contribution < 1.29 is 13.2 Å². The third kappa shape index (κ3) is 1.96. The van der Waals surface area contributed by atoms with E-state index in [1.807, 2.05) is 5.38 Å². The number of halogens is 3. The summed E-state index contributed by atoms with van der Waals surface area (Å²) < 4.78 is 39.1. The summed E-state index contributed by atoms with van der Waals surface area (Å²) in [6, 6.07) is -0.0546. The number of alkyl halides is 3. The van der Waals surface area contributed by atoms with E-state index in [-0.39, 0.29) is 12.0 Å². The van der Waals surface area contributed by atoms with Crippen LogP contribution in [0.15, 0.2) is 17.8 Å². The molecule has 3 heterocycles. The van der Waals surface area contributed by atoms with Gasteiger partial charge in [-0.1, -0.05) is 0 Å². The Kier molecular flexibility index (Phi) is 2.54. The Labute approximate surface area is 104 Å². The Morgan fingerprint density at radius 2 is 2.28 bits per heavy atom. The second kappa shape index (κ2) is 3.98. The fourth-order valence-corrected chi connectivity index (χ4v) is 2.65. The normalized spacial score (nSPS) is 19.4. The lowest BCUT2D eigenvalue weighted by atomic mass is 10.2. The Balaban J connectivity index is 1.87. The van der Waals surface area contributed by atoms with Crippen LogP contribution in [-0.4, -0.2) is 14.5 Å². The minimum absolute atomic E-state index is 0.0546. The first kappa shape index (κ1) is 11.5. The van der Waals surface area contributed by atoms with E-state index in [1.54, 1.807) is 6.20 Å². The predicted molar refractivity (Wildman–Crippen MR) is 60.3 cm³/mol. The highest BCUT2D eigenvalue weighted by molar-refractivity contribution is 7.09. The van der Waals surface area contributed by atoms with E-state index in [0.717, 1.165) is 11.2 Å². The van der Waals surface area contributed by atoms with Crippen molar-refractivity contribution in [3.8, 4) is 0 Å². The number of thiazole rings is 1. The molecule has 0 saturated carbocycles. The van der Waals surface area contributed by atoms with Gasteiger partial charge in [0.1, 0.15) is 5.01 Å². The number of nitrogens with one attached hydrogen (secondary N) is 1. The van der Waals surface area contributed by atoms with Crippen molar-refractivity contribution in [3.63, 3.8) is 0 Å². The lowest BCUT2D eigenvalue weighted by molar-refractivity contribution is -0.140. The molecule has 0 amide bonds. The number of hydrogen-bond donors (Lipinski definition) is 1. The zero-order chi connectivity index (χ0) is 12.8. The highest BCUT2D eigenvalue weighted by atomic mass is 32.1. The van der Waals surface area contributed by atoms with Crippen molar-refractivity contribution in [1.29, 1.82) is 0 Å². The molecule has 1 aliphatic rings. The zero-order valence-corrected chi connectivity index (χ0v) is 9.92. The summed E-state index contributed by atoms with van der Waals surface area (Å²) in [5.41, 5.74) is -0.857. The summed E-state index contributed by atoms with van der Waals surface area (Å²) in [5, 5.41) is 5.71. The molecular weight excluding hydrogens is 265 g/mol. The molecule has 0 spiro atoms. The van der Waals surface area contributed by atoms with E-state index < -0.39 is 11.9 Å².